The number of halogens is 1. The summed E-state index contributed by atoms with van der Waals surface area (Å²) >= 11 is 0. The molecule has 1 aliphatic carbocycles. The van der Waals surface area contributed by atoms with E-state index in [0.717, 1.165) is 39.9 Å². The molecule has 0 unspecified atom stereocenters. The third kappa shape index (κ3) is 6.13. The minimum absolute atomic E-state index is 0.0748. The number of hydrogen-bond donors (Lipinski definition) is 1. The molecule has 0 amide bonds. The number of benzene rings is 2. The summed E-state index contributed by atoms with van der Waals surface area (Å²) in [6, 6.07) is 15.4. The summed E-state index contributed by atoms with van der Waals surface area (Å²) < 4.78 is 42.0. The zero-order chi connectivity index (χ0) is 25.7. The summed E-state index contributed by atoms with van der Waals surface area (Å²) in [5, 5.41) is 3.23. The van der Waals surface area contributed by atoms with Gasteiger partial charge in [-0.1, -0.05) is 55.1 Å². The van der Waals surface area contributed by atoms with Crippen molar-refractivity contribution in [1.29, 1.82) is 0 Å². The quantitative estimate of drug-likeness (QED) is 0.282. The lowest BCUT2D eigenvalue weighted by atomic mass is 9.77. The summed E-state index contributed by atoms with van der Waals surface area (Å²) in [4.78, 5) is 9.28. The van der Waals surface area contributed by atoms with Crippen molar-refractivity contribution in [3.8, 4) is 11.3 Å². The Kier molecular flexibility index (Phi) is 7.76. The fourth-order valence-corrected chi connectivity index (χ4v) is 4.59. The Morgan fingerprint density at radius 3 is 2.83 bits per heavy atom. The maximum Gasteiger partial charge on any atom is 0.264 e. The molecule has 36 heavy (non-hydrogen) atoms. The van der Waals surface area contributed by atoms with Crippen molar-refractivity contribution in [3.63, 3.8) is 0 Å². The van der Waals surface area contributed by atoms with Crippen LogP contribution in [0.2, 0.25) is 0 Å². The Bertz CT molecular complexity index is 1450. The van der Waals surface area contributed by atoms with E-state index in [4.69, 9.17) is 9.17 Å². The van der Waals surface area contributed by atoms with Gasteiger partial charge in [0.2, 0.25) is 5.95 Å². The van der Waals surface area contributed by atoms with Gasteiger partial charge in [-0.15, -0.1) is 0 Å². The first-order valence-corrected chi connectivity index (χ1v) is 13.4. The van der Waals surface area contributed by atoms with Crippen LogP contribution in [0.15, 0.2) is 90.9 Å². The number of allylic oxidation sites excluding steroid dienone is 5. The SMILES string of the molecule is C=C(/C(F)=C\C=C/C)[C@@H]1Cc2cnc(Nc3cccc(CCOS(C)(=O)=O)c3)nc2-c2ccccc21. The topological polar surface area (TPSA) is 81.2 Å². The van der Waals surface area contributed by atoms with Crippen LogP contribution < -0.4 is 5.32 Å². The maximum absolute atomic E-state index is 14.7. The molecule has 2 aromatic carbocycles. The summed E-state index contributed by atoms with van der Waals surface area (Å²) in [7, 11) is -3.47. The fourth-order valence-electron chi connectivity index (χ4n) is 4.21. The number of nitrogens with zero attached hydrogens (tertiary/aromatic N) is 2. The van der Waals surface area contributed by atoms with Gasteiger partial charge >= 0.3 is 0 Å². The zero-order valence-corrected chi connectivity index (χ0v) is 21.1. The third-order valence-corrected chi connectivity index (χ3v) is 6.51. The number of nitrogens with one attached hydrogen (secondary N) is 1. The molecule has 0 aliphatic heterocycles. The number of rotatable bonds is 9. The summed E-state index contributed by atoms with van der Waals surface area (Å²) in [6.07, 6.45) is 8.69. The Morgan fingerprint density at radius 1 is 1.25 bits per heavy atom. The summed E-state index contributed by atoms with van der Waals surface area (Å²) in [6.45, 7) is 5.96. The molecule has 1 N–H and O–H groups in total. The van der Waals surface area contributed by atoms with E-state index in [0.29, 0.717) is 24.4 Å². The van der Waals surface area contributed by atoms with Gasteiger partial charge in [0.25, 0.3) is 10.1 Å². The number of aromatic nitrogens is 2. The average molecular weight is 506 g/mol. The Hall–Kier alpha value is -3.62. The predicted molar refractivity (Wildman–Crippen MR) is 141 cm³/mol. The average Bonchev–Trinajstić information content (AvgIpc) is 2.86. The number of hydrogen-bond acceptors (Lipinski definition) is 6. The largest absolute Gasteiger partial charge is 0.324 e. The van der Waals surface area contributed by atoms with Crippen LogP contribution in [-0.2, 0) is 27.1 Å². The lowest BCUT2D eigenvalue weighted by molar-refractivity contribution is 0.326. The van der Waals surface area contributed by atoms with Gasteiger partial charge in [-0.25, -0.2) is 14.4 Å². The molecular formula is C28H28FN3O3S. The molecule has 3 aromatic rings. The van der Waals surface area contributed by atoms with Gasteiger partial charge in [0.05, 0.1) is 18.6 Å². The van der Waals surface area contributed by atoms with Crippen molar-refractivity contribution in [2.24, 2.45) is 0 Å². The molecule has 8 heteroatoms. The van der Waals surface area contributed by atoms with Crippen LogP contribution in [0.1, 0.15) is 29.5 Å². The predicted octanol–water partition coefficient (Wildman–Crippen LogP) is 6.03. The molecule has 1 aromatic heterocycles. The standard InChI is InChI=1S/C28H28FN3O3S/c1-4-5-13-26(29)19(2)25-17-21-18-30-28(32-27(21)24-12-7-6-11-23(24)25)31-22-10-8-9-20(16-22)14-15-35-36(3,33)34/h4-13,16,18,25H,2,14-15,17H2,1,3H3,(H,30,31,32)/b5-4-,26-13+/t25-/m0/s1. The smallest absolute Gasteiger partial charge is 0.264 e. The van der Waals surface area contributed by atoms with Crippen LogP contribution in [-0.4, -0.2) is 31.2 Å². The molecule has 0 radical (unpaired) electrons. The minimum Gasteiger partial charge on any atom is -0.324 e. The van der Waals surface area contributed by atoms with Gasteiger partial charge in [-0.2, -0.15) is 8.42 Å². The van der Waals surface area contributed by atoms with Crippen molar-refractivity contribution in [3.05, 3.63) is 108 Å². The maximum atomic E-state index is 14.7. The van der Waals surface area contributed by atoms with Gasteiger partial charge < -0.3 is 5.32 Å². The second-order valence-corrected chi connectivity index (χ2v) is 10.2. The van der Waals surface area contributed by atoms with Gasteiger partial charge in [0, 0.05) is 23.4 Å². The van der Waals surface area contributed by atoms with E-state index >= 15 is 0 Å². The zero-order valence-electron chi connectivity index (χ0n) is 20.2. The first kappa shape index (κ1) is 25.5. The van der Waals surface area contributed by atoms with E-state index in [2.05, 4.69) is 16.9 Å². The van der Waals surface area contributed by atoms with Gasteiger partial charge in [0.15, 0.2) is 0 Å². The first-order chi connectivity index (χ1) is 17.2. The first-order valence-electron chi connectivity index (χ1n) is 11.6. The highest BCUT2D eigenvalue weighted by atomic mass is 32.2. The van der Waals surface area contributed by atoms with Crippen molar-refractivity contribution in [2.45, 2.75) is 25.7 Å². The molecule has 6 nitrogen and oxygen atoms in total. The molecule has 1 aliphatic rings. The van der Waals surface area contributed by atoms with Crippen LogP contribution >= 0.6 is 0 Å². The molecular weight excluding hydrogens is 477 g/mol. The molecule has 186 valence electrons. The fraction of sp³-hybridized carbons (Fsp3) is 0.214. The molecule has 0 saturated carbocycles. The third-order valence-electron chi connectivity index (χ3n) is 5.91. The van der Waals surface area contributed by atoms with Crippen molar-refractivity contribution in [2.75, 3.05) is 18.2 Å². The number of fused-ring (bicyclic) bond motifs is 3. The molecule has 1 heterocycles. The van der Waals surface area contributed by atoms with Crippen LogP contribution in [0.25, 0.3) is 11.3 Å². The van der Waals surface area contributed by atoms with Gasteiger partial charge in [-0.05, 0) is 60.2 Å². The van der Waals surface area contributed by atoms with Crippen LogP contribution in [0, 0.1) is 0 Å². The molecule has 0 spiro atoms. The normalized spacial score (nSPS) is 15.4. The Morgan fingerprint density at radius 2 is 2.06 bits per heavy atom. The van der Waals surface area contributed by atoms with E-state index in [1.165, 1.54) is 6.08 Å². The molecule has 0 saturated heterocycles. The Labute approximate surface area is 211 Å². The highest BCUT2D eigenvalue weighted by Gasteiger charge is 2.29. The van der Waals surface area contributed by atoms with E-state index in [9.17, 15) is 12.8 Å². The van der Waals surface area contributed by atoms with Crippen molar-refractivity contribution < 1.29 is 17.0 Å². The van der Waals surface area contributed by atoms with Crippen molar-refractivity contribution >= 4 is 21.8 Å². The monoisotopic (exact) mass is 505 g/mol. The van der Waals surface area contributed by atoms with E-state index < -0.39 is 10.1 Å². The van der Waals surface area contributed by atoms with Crippen LogP contribution in [0.5, 0.6) is 0 Å². The van der Waals surface area contributed by atoms with E-state index in [-0.39, 0.29) is 18.4 Å². The second kappa shape index (κ2) is 11.0. The van der Waals surface area contributed by atoms with Gasteiger partial charge in [-0.3, -0.25) is 4.18 Å². The van der Waals surface area contributed by atoms with E-state index in [1.807, 2.05) is 55.5 Å². The minimum atomic E-state index is -3.47. The second-order valence-electron chi connectivity index (χ2n) is 8.58. The summed E-state index contributed by atoms with van der Waals surface area (Å²) in [5.74, 6) is -0.106. The van der Waals surface area contributed by atoms with E-state index in [1.54, 1.807) is 18.3 Å². The lowest BCUT2D eigenvalue weighted by Gasteiger charge is -2.28. The molecule has 0 bridgehead atoms. The molecule has 1 atom stereocenters. The lowest BCUT2D eigenvalue weighted by Crippen LogP contribution is -2.15. The van der Waals surface area contributed by atoms with Gasteiger partial charge in [0.1, 0.15) is 5.83 Å². The highest BCUT2D eigenvalue weighted by Crippen LogP contribution is 2.43. The van der Waals surface area contributed by atoms with Crippen LogP contribution in [0.3, 0.4) is 0 Å². The van der Waals surface area contributed by atoms with Crippen molar-refractivity contribution in [1.82, 2.24) is 9.97 Å². The molecule has 0 fully saturated rings. The van der Waals surface area contributed by atoms with Crippen LogP contribution in [0.4, 0.5) is 16.0 Å². The number of anilines is 2. The Balaban J connectivity index is 1.57. The molecule has 4 rings (SSSR count). The highest BCUT2D eigenvalue weighted by molar-refractivity contribution is 7.85. The summed E-state index contributed by atoms with van der Waals surface area (Å²) in [5.41, 5.74) is 5.78.